The molecule has 0 spiro atoms. The first kappa shape index (κ1) is 12.9. The predicted molar refractivity (Wildman–Crippen MR) is 71.1 cm³/mol. The second-order valence-corrected chi connectivity index (χ2v) is 4.94. The maximum Gasteiger partial charge on any atom is 0.223 e. The van der Waals surface area contributed by atoms with Crippen LogP contribution in [0.1, 0.15) is 30.3 Å². The molecule has 2 heterocycles. The van der Waals surface area contributed by atoms with Gasteiger partial charge < -0.3 is 4.90 Å². The van der Waals surface area contributed by atoms with E-state index in [1.807, 2.05) is 22.6 Å². The third-order valence-electron chi connectivity index (χ3n) is 3.76. The van der Waals surface area contributed by atoms with E-state index in [-0.39, 0.29) is 5.91 Å². The molecule has 1 aromatic rings. The molecule has 0 aliphatic carbocycles. The fraction of sp³-hybridized carbons (Fsp3) is 0.571. The number of rotatable bonds is 4. The highest BCUT2D eigenvalue weighted by molar-refractivity contribution is 5.79. The number of carbonyl (C=O) groups is 1. The van der Waals surface area contributed by atoms with E-state index in [4.69, 9.17) is 0 Å². The second kappa shape index (κ2) is 4.96. The summed E-state index contributed by atoms with van der Waals surface area (Å²) in [6, 6.07) is 0. The number of aryl methyl sites for hydroxylation is 2. The average Bonchev–Trinajstić information content (AvgIpc) is 2.84. The van der Waals surface area contributed by atoms with Gasteiger partial charge in [0.25, 0.3) is 0 Å². The molecule has 1 atom stereocenters. The molecule has 4 heteroatoms. The Morgan fingerprint density at radius 2 is 2.22 bits per heavy atom. The van der Waals surface area contributed by atoms with E-state index >= 15 is 0 Å². The van der Waals surface area contributed by atoms with E-state index in [0.29, 0.717) is 18.9 Å². The average molecular weight is 247 g/mol. The van der Waals surface area contributed by atoms with Crippen molar-refractivity contribution in [2.24, 2.45) is 5.92 Å². The molecule has 18 heavy (non-hydrogen) atoms. The Kier molecular flexibility index (Phi) is 3.55. The van der Waals surface area contributed by atoms with Crippen molar-refractivity contribution in [2.45, 2.75) is 40.3 Å². The molecule has 1 saturated heterocycles. The minimum absolute atomic E-state index is 0.225. The van der Waals surface area contributed by atoms with Crippen LogP contribution in [-0.4, -0.2) is 27.1 Å². The molecule has 0 bridgehead atoms. The van der Waals surface area contributed by atoms with Gasteiger partial charge in [-0.3, -0.25) is 9.48 Å². The van der Waals surface area contributed by atoms with Crippen LogP contribution < -0.4 is 0 Å². The van der Waals surface area contributed by atoms with Gasteiger partial charge in [0.15, 0.2) is 0 Å². The van der Waals surface area contributed by atoms with E-state index in [2.05, 4.69) is 25.5 Å². The Hall–Kier alpha value is -1.58. The summed E-state index contributed by atoms with van der Waals surface area (Å²) in [6.07, 6.45) is 2.48. The summed E-state index contributed by atoms with van der Waals surface area (Å²) in [5.41, 5.74) is 3.39. The standard InChI is InChI=1S/C14H21N3O/c1-5-12-7-14(18)16(8-12)9-13-10(3)15-17(6-2)11(13)4/h5,12H,1,6-9H2,2-4H3. The summed E-state index contributed by atoms with van der Waals surface area (Å²) >= 11 is 0. The topological polar surface area (TPSA) is 38.1 Å². The molecule has 98 valence electrons. The lowest BCUT2D eigenvalue weighted by Gasteiger charge is -2.16. The van der Waals surface area contributed by atoms with Crippen molar-refractivity contribution in [1.82, 2.24) is 14.7 Å². The summed E-state index contributed by atoms with van der Waals surface area (Å²) in [7, 11) is 0. The third kappa shape index (κ3) is 2.19. The van der Waals surface area contributed by atoms with Crippen LogP contribution >= 0.6 is 0 Å². The lowest BCUT2D eigenvalue weighted by molar-refractivity contribution is -0.128. The maximum atomic E-state index is 11.9. The molecule has 0 N–H and O–H groups in total. The van der Waals surface area contributed by atoms with Crippen LogP contribution in [0.2, 0.25) is 0 Å². The first-order chi connectivity index (χ1) is 8.56. The molecule has 1 aromatic heterocycles. The highest BCUT2D eigenvalue weighted by Crippen LogP contribution is 2.23. The van der Waals surface area contributed by atoms with Crippen molar-refractivity contribution < 1.29 is 4.79 Å². The smallest absolute Gasteiger partial charge is 0.223 e. The van der Waals surface area contributed by atoms with Crippen LogP contribution in [0.5, 0.6) is 0 Å². The Balaban J connectivity index is 2.17. The summed E-state index contributed by atoms with van der Waals surface area (Å²) in [5.74, 6) is 0.530. The lowest BCUT2D eigenvalue weighted by Crippen LogP contribution is -2.25. The summed E-state index contributed by atoms with van der Waals surface area (Å²) in [4.78, 5) is 13.8. The molecular weight excluding hydrogens is 226 g/mol. The van der Waals surface area contributed by atoms with E-state index in [9.17, 15) is 4.79 Å². The van der Waals surface area contributed by atoms with Gasteiger partial charge in [0, 0.05) is 43.2 Å². The minimum Gasteiger partial charge on any atom is -0.338 e. The number of likely N-dealkylation sites (tertiary alicyclic amines) is 1. The third-order valence-corrected chi connectivity index (χ3v) is 3.76. The van der Waals surface area contributed by atoms with E-state index in [1.165, 1.54) is 11.3 Å². The molecule has 2 rings (SSSR count). The molecule has 1 aliphatic heterocycles. The number of hydrogen-bond acceptors (Lipinski definition) is 2. The summed E-state index contributed by atoms with van der Waals surface area (Å²) in [5, 5.41) is 4.49. The molecule has 0 saturated carbocycles. The molecule has 0 aromatic carbocycles. The van der Waals surface area contributed by atoms with Gasteiger partial charge in [-0.1, -0.05) is 6.08 Å². The second-order valence-electron chi connectivity index (χ2n) is 4.94. The van der Waals surface area contributed by atoms with Gasteiger partial charge in [-0.15, -0.1) is 6.58 Å². The zero-order chi connectivity index (χ0) is 13.3. The van der Waals surface area contributed by atoms with E-state index in [0.717, 1.165) is 18.8 Å². The van der Waals surface area contributed by atoms with Gasteiger partial charge in [0.05, 0.1) is 5.69 Å². The van der Waals surface area contributed by atoms with Crippen LogP contribution in [0.3, 0.4) is 0 Å². The highest BCUT2D eigenvalue weighted by Gasteiger charge is 2.28. The Morgan fingerprint density at radius 3 is 2.72 bits per heavy atom. The number of aromatic nitrogens is 2. The quantitative estimate of drug-likeness (QED) is 0.764. The summed E-state index contributed by atoms with van der Waals surface area (Å²) < 4.78 is 2.00. The number of carbonyl (C=O) groups excluding carboxylic acids is 1. The first-order valence-electron chi connectivity index (χ1n) is 6.50. The van der Waals surface area contributed by atoms with Crippen molar-refractivity contribution in [3.8, 4) is 0 Å². The van der Waals surface area contributed by atoms with Crippen LogP contribution in [0.4, 0.5) is 0 Å². The zero-order valence-electron chi connectivity index (χ0n) is 11.4. The largest absolute Gasteiger partial charge is 0.338 e. The fourth-order valence-corrected chi connectivity index (χ4v) is 2.58. The van der Waals surface area contributed by atoms with E-state index < -0.39 is 0 Å². The monoisotopic (exact) mass is 247 g/mol. The normalized spacial score (nSPS) is 19.6. The zero-order valence-corrected chi connectivity index (χ0v) is 11.4. The van der Waals surface area contributed by atoms with Crippen molar-refractivity contribution >= 4 is 5.91 Å². The first-order valence-corrected chi connectivity index (χ1v) is 6.50. The highest BCUT2D eigenvalue weighted by atomic mass is 16.2. The molecule has 1 unspecified atom stereocenters. The van der Waals surface area contributed by atoms with Crippen molar-refractivity contribution in [3.05, 3.63) is 29.6 Å². The SMILES string of the molecule is C=CC1CC(=O)N(Cc2c(C)nn(CC)c2C)C1. The van der Waals surface area contributed by atoms with Gasteiger partial charge in [-0.25, -0.2) is 0 Å². The molecule has 1 aliphatic rings. The van der Waals surface area contributed by atoms with Crippen molar-refractivity contribution in [1.29, 1.82) is 0 Å². The van der Waals surface area contributed by atoms with Crippen LogP contribution in [0.15, 0.2) is 12.7 Å². The molecule has 0 radical (unpaired) electrons. The Bertz CT molecular complexity index is 476. The van der Waals surface area contributed by atoms with Crippen molar-refractivity contribution in [2.75, 3.05) is 6.54 Å². The molecular formula is C14H21N3O. The van der Waals surface area contributed by atoms with Crippen LogP contribution in [0, 0.1) is 19.8 Å². The Morgan fingerprint density at radius 1 is 1.50 bits per heavy atom. The molecule has 1 fully saturated rings. The van der Waals surface area contributed by atoms with Gasteiger partial charge >= 0.3 is 0 Å². The van der Waals surface area contributed by atoms with Gasteiger partial charge in [-0.05, 0) is 20.8 Å². The molecule has 1 amide bonds. The van der Waals surface area contributed by atoms with E-state index in [1.54, 1.807) is 0 Å². The van der Waals surface area contributed by atoms with Crippen LogP contribution in [-0.2, 0) is 17.9 Å². The Labute approximate surface area is 108 Å². The van der Waals surface area contributed by atoms with Crippen LogP contribution in [0.25, 0.3) is 0 Å². The summed E-state index contributed by atoms with van der Waals surface area (Å²) in [6.45, 7) is 12.3. The fourth-order valence-electron chi connectivity index (χ4n) is 2.58. The number of nitrogens with zero attached hydrogens (tertiary/aromatic N) is 3. The van der Waals surface area contributed by atoms with Gasteiger partial charge in [0.1, 0.15) is 0 Å². The van der Waals surface area contributed by atoms with Gasteiger partial charge in [0.2, 0.25) is 5.91 Å². The lowest BCUT2D eigenvalue weighted by atomic mass is 10.1. The predicted octanol–water partition coefficient (Wildman–Crippen LogP) is 2.05. The maximum absolute atomic E-state index is 11.9. The number of hydrogen-bond donors (Lipinski definition) is 0. The number of amides is 1. The molecule has 4 nitrogen and oxygen atoms in total. The van der Waals surface area contributed by atoms with Gasteiger partial charge in [-0.2, -0.15) is 5.10 Å². The van der Waals surface area contributed by atoms with Crippen molar-refractivity contribution in [3.63, 3.8) is 0 Å². The minimum atomic E-state index is 0.225.